The number of hydrogen-bond acceptors (Lipinski definition) is 8. The van der Waals surface area contributed by atoms with E-state index in [1.54, 1.807) is 13.8 Å². The third kappa shape index (κ3) is 8.86. The Labute approximate surface area is 164 Å². The molecule has 0 aliphatic carbocycles. The average Bonchev–Trinajstić information content (AvgIpc) is 2.59. The predicted octanol–water partition coefficient (Wildman–Crippen LogP) is 2.80. The molecule has 0 bridgehead atoms. The number of carbonyl (C=O) groups is 1. The van der Waals surface area contributed by atoms with Crippen LogP contribution < -0.4 is 5.32 Å². The minimum atomic E-state index is -3.14. The van der Waals surface area contributed by atoms with Crippen LogP contribution in [-0.4, -0.2) is 66.4 Å². The monoisotopic (exact) mass is 411 g/mol. The number of rotatable bonds is 15. The zero-order valence-electron chi connectivity index (χ0n) is 18.0. The molecule has 0 saturated carbocycles. The normalized spacial score (nSPS) is 16.4. The Kier molecular flexibility index (Phi) is 13.1. The second-order valence-electron chi connectivity index (χ2n) is 5.61. The molecule has 9 nitrogen and oxygen atoms in total. The molecule has 0 rings (SSSR count). The van der Waals surface area contributed by atoms with Gasteiger partial charge in [-0.25, -0.2) is 4.79 Å². The van der Waals surface area contributed by atoms with Gasteiger partial charge in [0.25, 0.3) is 0 Å². The van der Waals surface area contributed by atoms with Crippen LogP contribution in [0.1, 0.15) is 54.9 Å². The van der Waals surface area contributed by atoms with E-state index in [9.17, 15) is 4.79 Å². The first-order chi connectivity index (χ1) is 12.8. The van der Waals surface area contributed by atoms with E-state index in [2.05, 4.69) is 5.32 Å². The van der Waals surface area contributed by atoms with Crippen molar-refractivity contribution in [3.63, 3.8) is 0 Å². The second-order valence-corrected chi connectivity index (χ2v) is 8.38. The molecule has 0 aliphatic heterocycles. The first kappa shape index (κ1) is 26.2. The Morgan fingerprint density at radius 2 is 1.52 bits per heavy atom. The summed E-state index contributed by atoms with van der Waals surface area (Å²) in [5.74, 6) is -1.60. The maximum Gasteiger partial charge on any atom is 0.524 e. The number of ether oxygens (including phenoxy) is 4. The molecule has 0 saturated heterocycles. The van der Waals surface area contributed by atoms with Gasteiger partial charge in [0.1, 0.15) is 5.67 Å². The average molecular weight is 412 g/mol. The highest BCUT2D eigenvalue weighted by Gasteiger charge is 2.50. The van der Waals surface area contributed by atoms with Crippen LogP contribution in [0, 0.1) is 0 Å². The molecule has 0 spiro atoms. The van der Waals surface area contributed by atoms with Gasteiger partial charge in [0.2, 0.25) is 0 Å². The number of nitrogens with one attached hydrogen (secondary N) is 1. The zero-order valence-corrected chi connectivity index (χ0v) is 19.0. The lowest BCUT2D eigenvalue weighted by atomic mass is 10.5. The standard InChI is InChI=1S/C17H37NO8Si/c1-9-15(27(22-11-3,23-12-4)24-13-5)18-16(19)26-17(7,21-10-2)25-14(6)20-8/h14-15H,9-13H2,1-8H3,(H,18,19). The second kappa shape index (κ2) is 13.4. The van der Waals surface area contributed by atoms with Crippen LogP contribution in [0.25, 0.3) is 0 Å². The van der Waals surface area contributed by atoms with Gasteiger partial charge in [-0.3, -0.25) is 4.74 Å². The highest BCUT2D eigenvalue weighted by molar-refractivity contribution is 6.62. The van der Waals surface area contributed by atoms with Crippen LogP contribution in [0.2, 0.25) is 0 Å². The lowest BCUT2D eigenvalue weighted by Gasteiger charge is -2.36. The number of hydrogen-bond donors (Lipinski definition) is 1. The van der Waals surface area contributed by atoms with E-state index >= 15 is 0 Å². The van der Waals surface area contributed by atoms with Crippen molar-refractivity contribution in [3.8, 4) is 0 Å². The van der Waals surface area contributed by atoms with Crippen LogP contribution in [0.5, 0.6) is 0 Å². The predicted molar refractivity (Wildman–Crippen MR) is 102 cm³/mol. The third-order valence-electron chi connectivity index (χ3n) is 3.56. The summed E-state index contributed by atoms with van der Waals surface area (Å²) < 4.78 is 39.0. The molecule has 0 heterocycles. The van der Waals surface area contributed by atoms with Crippen LogP contribution >= 0.6 is 0 Å². The van der Waals surface area contributed by atoms with Gasteiger partial charge in [-0.2, -0.15) is 0 Å². The van der Waals surface area contributed by atoms with E-state index in [1.165, 1.54) is 14.0 Å². The van der Waals surface area contributed by atoms with Gasteiger partial charge in [0, 0.05) is 33.9 Å². The number of methoxy groups -OCH3 is 1. The molecule has 0 radical (unpaired) electrons. The summed E-state index contributed by atoms with van der Waals surface area (Å²) in [5, 5.41) is 2.79. The lowest BCUT2D eigenvalue weighted by molar-refractivity contribution is -0.383. The van der Waals surface area contributed by atoms with Crippen LogP contribution in [0.15, 0.2) is 0 Å². The van der Waals surface area contributed by atoms with Crippen molar-refractivity contribution in [1.29, 1.82) is 0 Å². The maximum atomic E-state index is 12.6. The van der Waals surface area contributed by atoms with E-state index in [1.807, 2.05) is 27.7 Å². The summed E-state index contributed by atoms with van der Waals surface area (Å²) >= 11 is 0. The quantitative estimate of drug-likeness (QED) is 0.325. The van der Waals surface area contributed by atoms with Gasteiger partial charge in [-0.1, -0.05) is 6.92 Å². The lowest BCUT2D eigenvalue weighted by Crippen LogP contribution is -2.63. The van der Waals surface area contributed by atoms with E-state index in [0.717, 1.165) is 0 Å². The van der Waals surface area contributed by atoms with Gasteiger partial charge >= 0.3 is 20.9 Å². The zero-order chi connectivity index (χ0) is 20.9. The minimum absolute atomic E-state index is 0.285. The van der Waals surface area contributed by atoms with Crippen LogP contribution in [0.4, 0.5) is 4.79 Å². The number of alkyl carbamates (subject to hydrolysis) is 1. The van der Waals surface area contributed by atoms with Crippen molar-refractivity contribution in [2.75, 3.05) is 33.5 Å². The Hall–Kier alpha value is -0.753. The Morgan fingerprint density at radius 3 is 1.89 bits per heavy atom. The molecule has 162 valence electrons. The molecule has 27 heavy (non-hydrogen) atoms. The van der Waals surface area contributed by atoms with Gasteiger partial charge < -0.3 is 32.8 Å². The number of carbonyl (C=O) groups excluding carboxylic acids is 1. The van der Waals surface area contributed by atoms with Crippen LogP contribution in [-0.2, 0) is 32.2 Å². The smallest absolute Gasteiger partial charge is 0.391 e. The fourth-order valence-electron chi connectivity index (χ4n) is 2.51. The molecule has 1 N–H and O–H groups in total. The van der Waals surface area contributed by atoms with Gasteiger partial charge in [-0.05, 0) is 41.0 Å². The summed E-state index contributed by atoms with van der Waals surface area (Å²) in [4.78, 5) is 12.6. The molecule has 0 aromatic carbocycles. The molecule has 10 heteroatoms. The molecular weight excluding hydrogens is 374 g/mol. The molecular formula is C17H37NO8Si. The summed E-state index contributed by atoms with van der Waals surface area (Å²) in [6, 6.07) is 0. The van der Waals surface area contributed by atoms with E-state index < -0.39 is 32.8 Å². The topological polar surface area (TPSA) is 93.7 Å². The third-order valence-corrected chi connectivity index (χ3v) is 7.04. The van der Waals surface area contributed by atoms with Crippen molar-refractivity contribution in [1.82, 2.24) is 5.32 Å². The molecule has 3 atom stereocenters. The largest absolute Gasteiger partial charge is 0.524 e. The van der Waals surface area contributed by atoms with Gasteiger partial charge in [0.05, 0.1) is 6.61 Å². The van der Waals surface area contributed by atoms with Gasteiger partial charge in [0.15, 0.2) is 6.29 Å². The maximum absolute atomic E-state index is 12.6. The molecule has 0 fully saturated rings. The summed E-state index contributed by atoms with van der Waals surface area (Å²) in [6.45, 7) is 13.9. The highest BCUT2D eigenvalue weighted by Crippen LogP contribution is 2.21. The summed E-state index contributed by atoms with van der Waals surface area (Å²) in [7, 11) is -1.66. The van der Waals surface area contributed by atoms with Crippen molar-refractivity contribution < 1.29 is 37.0 Å². The van der Waals surface area contributed by atoms with Crippen molar-refractivity contribution in [3.05, 3.63) is 0 Å². The van der Waals surface area contributed by atoms with Crippen molar-refractivity contribution in [2.24, 2.45) is 0 Å². The Balaban J connectivity index is 5.30. The Morgan fingerprint density at radius 1 is 1.00 bits per heavy atom. The molecule has 0 aliphatic rings. The minimum Gasteiger partial charge on any atom is -0.391 e. The molecule has 0 aromatic heterocycles. The van der Waals surface area contributed by atoms with Crippen molar-refractivity contribution in [2.45, 2.75) is 72.8 Å². The number of amides is 1. The first-order valence-corrected chi connectivity index (χ1v) is 11.3. The SMILES string of the molecule is CCOC(C)(OC(=O)NC(CC)[Si](OCC)(OCC)OCC)OC(C)OC. The fourth-order valence-corrected chi connectivity index (χ4v) is 5.37. The molecule has 3 unspecified atom stereocenters. The Bertz CT molecular complexity index is 397. The van der Waals surface area contributed by atoms with Gasteiger partial charge in [-0.15, -0.1) is 0 Å². The first-order valence-electron chi connectivity index (χ1n) is 9.52. The molecule has 1 amide bonds. The summed E-state index contributed by atoms with van der Waals surface area (Å²) in [5.41, 5.74) is -0.476. The molecule has 0 aromatic rings. The van der Waals surface area contributed by atoms with Crippen LogP contribution in [0.3, 0.4) is 0 Å². The van der Waals surface area contributed by atoms with Crippen molar-refractivity contribution >= 4 is 14.9 Å². The van der Waals surface area contributed by atoms with E-state index in [4.69, 9.17) is 32.2 Å². The highest BCUT2D eigenvalue weighted by atomic mass is 28.4. The summed E-state index contributed by atoms with van der Waals surface area (Å²) in [6.07, 6.45) is -0.806. The van der Waals surface area contributed by atoms with E-state index in [-0.39, 0.29) is 6.61 Å². The van der Waals surface area contributed by atoms with E-state index in [0.29, 0.717) is 26.2 Å². The fraction of sp³-hybridized carbons (Fsp3) is 0.941.